The molecule has 0 aliphatic carbocycles. The molecule has 0 bridgehead atoms. The van der Waals surface area contributed by atoms with Crippen LogP contribution in [0.5, 0.6) is 0 Å². The Kier molecular flexibility index (Phi) is 5.97. The third-order valence-corrected chi connectivity index (χ3v) is 3.11. The molecule has 0 aliphatic heterocycles. The molecule has 0 saturated heterocycles. The molecular weight excluding hydrogens is 236 g/mol. The number of carboxylic acid groups (broad SMARTS) is 1. The van der Waals surface area contributed by atoms with Gasteiger partial charge in [0.05, 0.1) is 0 Å². The largest absolute Gasteiger partial charge is 0.480 e. The molecule has 7 nitrogen and oxygen atoms in total. The molecule has 0 saturated carbocycles. The SMILES string of the molecule is CCCC(NC(=O)CS(=O)(=O)NC)C(=O)O. The Morgan fingerprint density at radius 2 is 1.94 bits per heavy atom. The molecule has 0 rings (SSSR count). The molecule has 0 heterocycles. The van der Waals surface area contributed by atoms with Gasteiger partial charge < -0.3 is 10.4 Å². The van der Waals surface area contributed by atoms with Crippen molar-refractivity contribution >= 4 is 21.9 Å². The van der Waals surface area contributed by atoms with Gasteiger partial charge in [-0.15, -0.1) is 0 Å². The molecule has 94 valence electrons. The molecule has 0 aromatic heterocycles. The maximum atomic E-state index is 11.2. The molecule has 0 aromatic carbocycles. The zero-order valence-corrected chi connectivity index (χ0v) is 10.0. The predicted molar refractivity (Wildman–Crippen MR) is 57.3 cm³/mol. The van der Waals surface area contributed by atoms with Crippen molar-refractivity contribution in [3.63, 3.8) is 0 Å². The van der Waals surface area contributed by atoms with Crippen LogP contribution < -0.4 is 10.0 Å². The Hall–Kier alpha value is -1.15. The first kappa shape index (κ1) is 14.8. The minimum Gasteiger partial charge on any atom is -0.480 e. The van der Waals surface area contributed by atoms with E-state index in [4.69, 9.17) is 5.11 Å². The molecule has 0 spiro atoms. The summed E-state index contributed by atoms with van der Waals surface area (Å²) in [6.07, 6.45) is 0.844. The minimum atomic E-state index is -3.66. The van der Waals surface area contributed by atoms with Crippen LogP contribution in [0, 0.1) is 0 Å². The van der Waals surface area contributed by atoms with Gasteiger partial charge in [-0.1, -0.05) is 13.3 Å². The van der Waals surface area contributed by atoms with Crippen LogP contribution in [0.4, 0.5) is 0 Å². The fraction of sp³-hybridized carbons (Fsp3) is 0.750. The standard InChI is InChI=1S/C8H16N2O5S/c1-3-4-6(8(12)13)10-7(11)5-16(14,15)9-2/h6,9H,3-5H2,1-2H3,(H,10,11)(H,12,13). The Bertz CT molecular complexity index is 351. The van der Waals surface area contributed by atoms with Crippen LogP contribution in [0.2, 0.25) is 0 Å². The second kappa shape index (κ2) is 6.44. The zero-order valence-electron chi connectivity index (χ0n) is 9.19. The van der Waals surface area contributed by atoms with Gasteiger partial charge in [-0.3, -0.25) is 4.79 Å². The Morgan fingerprint density at radius 1 is 1.38 bits per heavy atom. The summed E-state index contributed by atoms with van der Waals surface area (Å²) >= 11 is 0. The molecule has 8 heteroatoms. The van der Waals surface area contributed by atoms with Gasteiger partial charge in [0.1, 0.15) is 11.8 Å². The summed E-state index contributed by atoms with van der Waals surface area (Å²) in [4.78, 5) is 21.9. The number of hydrogen-bond donors (Lipinski definition) is 3. The summed E-state index contributed by atoms with van der Waals surface area (Å²) in [7, 11) is -2.48. The van der Waals surface area contributed by atoms with Crippen LogP contribution in [-0.2, 0) is 19.6 Å². The lowest BCUT2D eigenvalue weighted by molar-refractivity contribution is -0.141. The van der Waals surface area contributed by atoms with Crippen LogP contribution >= 0.6 is 0 Å². The van der Waals surface area contributed by atoms with Crippen molar-refractivity contribution in [1.82, 2.24) is 10.0 Å². The smallest absolute Gasteiger partial charge is 0.326 e. The molecule has 0 fully saturated rings. The number of hydrogen-bond acceptors (Lipinski definition) is 4. The first-order valence-corrected chi connectivity index (χ1v) is 6.41. The Labute approximate surface area is 94.3 Å². The van der Waals surface area contributed by atoms with E-state index in [0.717, 1.165) is 0 Å². The summed E-state index contributed by atoms with van der Waals surface area (Å²) in [6, 6.07) is -1.04. The van der Waals surface area contributed by atoms with Crippen molar-refractivity contribution < 1.29 is 23.1 Å². The molecule has 0 radical (unpaired) electrons. The van der Waals surface area contributed by atoms with Crippen molar-refractivity contribution in [3.8, 4) is 0 Å². The van der Waals surface area contributed by atoms with Gasteiger partial charge in [-0.2, -0.15) is 0 Å². The molecule has 1 atom stereocenters. The van der Waals surface area contributed by atoms with Crippen LogP contribution in [0.15, 0.2) is 0 Å². The van der Waals surface area contributed by atoms with Gasteiger partial charge in [0.25, 0.3) is 0 Å². The van der Waals surface area contributed by atoms with Gasteiger partial charge in [0.2, 0.25) is 15.9 Å². The number of sulfonamides is 1. The number of carboxylic acids is 1. The zero-order chi connectivity index (χ0) is 12.8. The molecular formula is C8H16N2O5S. The normalized spacial score (nSPS) is 13.1. The first-order valence-electron chi connectivity index (χ1n) is 4.75. The number of carbonyl (C=O) groups is 2. The maximum absolute atomic E-state index is 11.2. The highest BCUT2D eigenvalue weighted by molar-refractivity contribution is 7.90. The topological polar surface area (TPSA) is 113 Å². The lowest BCUT2D eigenvalue weighted by Gasteiger charge is -2.13. The van der Waals surface area contributed by atoms with Gasteiger partial charge >= 0.3 is 5.97 Å². The average Bonchev–Trinajstić information content (AvgIpc) is 2.16. The summed E-state index contributed by atoms with van der Waals surface area (Å²) < 4.78 is 24.0. The quantitative estimate of drug-likeness (QED) is 0.532. The van der Waals surface area contributed by atoms with Gasteiger partial charge in [-0.05, 0) is 13.5 Å². The summed E-state index contributed by atoms with van der Waals surface area (Å²) in [6.45, 7) is 1.77. The summed E-state index contributed by atoms with van der Waals surface area (Å²) in [5, 5.41) is 10.9. The van der Waals surface area contributed by atoms with Crippen LogP contribution in [0.3, 0.4) is 0 Å². The highest BCUT2D eigenvalue weighted by Gasteiger charge is 2.21. The van der Waals surface area contributed by atoms with Crippen molar-refractivity contribution in [2.75, 3.05) is 12.8 Å². The van der Waals surface area contributed by atoms with Gasteiger partial charge in [-0.25, -0.2) is 17.9 Å². The second-order valence-corrected chi connectivity index (χ2v) is 5.14. The summed E-state index contributed by atoms with van der Waals surface area (Å²) in [5.41, 5.74) is 0. The van der Waals surface area contributed by atoms with Crippen LogP contribution in [0.1, 0.15) is 19.8 Å². The van der Waals surface area contributed by atoms with Crippen LogP contribution in [-0.4, -0.2) is 44.2 Å². The van der Waals surface area contributed by atoms with Gasteiger partial charge in [0.15, 0.2) is 0 Å². The average molecular weight is 252 g/mol. The Balaban J connectivity index is 4.37. The third kappa shape index (κ3) is 5.66. The highest BCUT2D eigenvalue weighted by atomic mass is 32.2. The lowest BCUT2D eigenvalue weighted by Crippen LogP contribution is -2.44. The monoisotopic (exact) mass is 252 g/mol. The van der Waals surface area contributed by atoms with E-state index in [0.29, 0.717) is 6.42 Å². The molecule has 0 aliphatic rings. The third-order valence-electron chi connectivity index (χ3n) is 1.84. The van der Waals surface area contributed by atoms with E-state index in [1.807, 2.05) is 4.72 Å². The Morgan fingerprint density at radius 3 is 2.31 bits per heavy atom. The van der Waals surface area contributed by atoms with E-state index in [1.54, 1.807) is 6.92 Å². The number of rotatable bonds is 7. The van der Waals surface area contributed by atoms with Crippen molar-refractivity contribution in [1.29, 1.82) is 0 Å². The van der Waals surface area contributed by atoms with E-state index in [9.17, 15) is 18.0 Å². The van der Waals surface area contributed by atoms with E-state index < -0.39 is 33.7 Å². The molecule has 0 aromatic rings. The molecule has 16 heavy (non-hydrogen) atoms. The minimum absolute atomic E-state index is 0.265. The van der Waals surface area contributed by atoms with Crippen LogP contribution in [0.25, 0.3) is 0 Å². The second-order valence-electron chi connectivity index (χ2n) is 3.21. The van der Waals surface area contributed by atoms with E-state index in [1.165, 1.54) is 7.05 Å². The lowest BCUT2D eigenvalue weighted by atomic mass is 10.2. The van der Waals surface area contributed by atoms with Crippen molar-refractivity contribution in [2.24, 2.45) is 0 Å². The summed E-state index contributed by atoms with van der Waals surface area (Å²) in [5.74, 6) is -2.76. The van der Waals surface area contributed by atoms with E-state index >= 15 is 0 Å². The van der Waals surface area contributed by atoms with Crippen molar-refractivity contribution in [3.05, 3.63) is 0 Å². The fourth-order valence-electron chi connectivity index (χ4n) is 1.03. The number of carbonyl (C=O) groups excluding carboxylic acids is 1. The first-order chi connectivity index (χ1) is 7.32. The maximum Gasteiger partial charge on any atom is 0.326 e. The van der Waals surface area contributed by atoms with E-state index in [2.05, 4.69) is 5.32 Å². The molecule has 3 N–H and O–H groups in total. The number of amides is 1. The molecule has 1 unspecified atom stereocenters. The van der Waals surface area contributed by atoms with Crippen molar-refractivity contribution in [2.45, 2.75) is 25.8 Å². The highest BCUT2D eigenvalue weighted by Crippen LogP contribution is 1.97. The number of nitrogens with one attached hydrogen (secondary N) is 2. The number of aliphatic carboxylic acids is 1. The van der Waals surface area contributed by atoms with E-state index in [-0.39, 0.29) is 6.42 Å². The fourth-order valence-corrected chi connectivity index (χ4v) is 1.60. The molecule has 1 amide bonds. The predicted octanol–water partition coefficient (Wildman–Crippen LogP) is -1.09. The van der Waals surface area contributed by atoms with Gasteiger partial charge in [0, 0.05) is 0 Å².